The lowest BCUT2D eigenvalue weighted by atomic mass is 10.0. The van der Waals surface area contributed by atoms with E-state index in [0.29, 0.717) is 0 Å². The SMILES string of the molecule is CC[C]1CC1c1ccc2ccccc2c1. The molecule has 1 aliphatic rings. The first-order valence-corrected chi connectivity index (χ1v) is 5.72. The summed E-state index contributed by atoms with van der Waals surface area (Å²) < 4.78 is 0. The lowest BCUT2D eigenvalue weighted by molar-refractivity contribution is 1.02. The highest BCUT2D eigenvalue weighted by Crippen LogP contribution is 2.51. The Kier molecular flexibility index (Phi) is 2.02. The minimum absolute atomic E-state index is 0.764. The Bertz CT molecular complexity index is 484. The lowest BCUT2D eigenvalue weighted by Gasteiger charge is -2.02. The third kappa shape index (κ3) is 1.54. The van der Waals surface area contributed by atoms with Crippen LogP contribution in [0.3, 0.4) is 0 Å². The molecule has 1 aliphatic carbocycles. The smallest absolute Gasteiger partial charge is 0.00938 e. The van der Waals surface area contributed by atoms with Crippen LogP contribution in [-0.2, 0) is 0 Å². The first-order chi connectivity index (χ1) is 7.38. The van der Waals surface area contributed by atoms with E-state index in [9.17, 15) is 0 Å². The summed E-state index contributed by atoms with van der Waals surface area (Å²) in [5.41, 5.74) is 1.51. The number of hydrogen-bond acceptors (Lipinski definition) is 0. The van der Waals surface area contributed by atoms with Gasteiger partial charge in [0.25, 0.3) is 0 Å². The second-order valence-corrected chi connectivity index (χ2v) is 4.38. The van der Waals surface area contributed by atoms with Crippen LogP contribution in [0.1, 0.15) is 31.2 Å². The second-order valence-electron chi connectivity index (χ2n) is 4.38. The molecule has 3 rings (SSSR count). The van der Waals surface area contributed by atoms with Crippen molar-refractivity contribution in [3.8, 4) is 0 Å². The highest BCUT2D eigenvalue weighted by atomic mass is 14.4. The van der Waals surface area contributed by atoms with Gasteiger partial charge in [-0.25, -0.2) is 0 Å². The molecule has 0 nitrogen and oxygen atoms in total. The normalized spacial score (nSPS) is 20.7. The Balaban J connectivity index is 2.00. The van der Waals surface area contributed by atoms with Crippen LogP contribution in [0.15, 0.2) is 42.5 Å². The van der Waals surface area contributed by atoms with Gasteiger partial charge in [-0.2, -0.15) is 0 Å². The van der Waals surface area contributed by atoms with E-state index in [0.717, 1.165) is 5.92 Å². The first-order valence-electron chi connectivity index (χ1n) is 5.72. The van der Waals surface area contributed by atoms with E-state index in [2.05, 4.69) is 49.4 Å². The predicted molar refractivity (Wildman–Crippen MR) is 64.8 cm³/mol. The van der Waals surface area contributed by atoms with Gasteiger partial charge in [0, 0.05) is 0 Å². The summed E-state index contributed by atoms with van der Waals surface area (Å²) in [6, 6.07) is 15.5. The van der Waals surface area contributed by atoms with Gasteiger partial charge in [0.1, 0.15) is 0 Å². The van der Waals surface area contributed by atoms with Crippen LogP contribution in [0.2, 0.25) is 0 Å². The van der Waals surface area contributed by atoms with Gasteiger partial charge in [0.15, 0.2) is 0 Å². The van der Waals surface area contributed by atoms with Crippen molar-refractivity contribution in [3.63, 3.8) is 0 Å². The molecule has 0 heteroatoms. The van der Waals surface area contributed by atoms with E-state index < -0.39 is 0 Å². The fourth-order valence-corrected chi connectivity index (χ4v) is 2.37. The van der Waals surface area contributed by atoms with E-state index in [1.165, 1.54) is 29.2 Å². The molecule has 2 aromatic rings. The third-order valence-electron chi connectivity index (χ3n) is 3.43. The number of benzene rings is 2. The molecule has 2 aromatic carbocycles. The third-order valence-corrected chi connectivity index (χ3v) is 3.43. The van der Waals surface area contributed by atoms with Gasteiger partial charge in [-0.3, -0.25) is 0 Å². The lowest BCUT2D eigenvalue weighted by Crippen LogP contribution is -1.82. The van der Waals surface area contributed by atoms with Crippen molar-refractivity contribution in [2.24, 2.45) is 0 Å². The summed E-state index contributed by atoms with van der Waals surface area (Å²) in [5, 5.41) is 2.72. The molecule has 1 atom stereocenters. The van der Waals surface area contributed by atoms with Gasteiger partial charge >= 0.3 is 0 Å². The molecule has 0 saturated heterocycles. The molecule has 0 amide bonds. The molecule has 0 aliphatic heterocycles. The molecule has 1 saturated carbocycles. The summed E-state index contributed by atoms with van der Waals surface area (Å²) in [4.78, 5) is 0. The number of hydrogen-bond donors (Lipinski definition) is 0. The van der Waals surface area contributed by atoms with Crippen LogP contribution in [0.25, 0.3) is 10.8 Å². The molecule has 15 heavy (non-hydrogen) atoms. The quantitative estimate of drug-likeness (QED) is 0.669. The van der Waals surface area contributed by atoms with Gasteiger partial charge < -0.3 is 0 Å². The van der Waals surface area contributed by atoms with E-state index in [-0.39, 0.29) is 0 Å². The summed E-state index contributed by atoms with van der Waals surface area (Å²) >= 11 is 0. The maximum Gasteiger partial charge on any atom is -0.00938 e. The monoisotopic (exact) mass is 195 g/mol. The maximum absolute atomic E-state index is 2.35. The fraction of sp³-hybridized carbons (Fsp3) is 0.267. The zero-order valence-electron chi connectivity index (χ0n) is 9.03. The molecule has 0 aromatic heterocycles. The van der Waals surface area contributed by atoms with Crippen molar-refractivity contribution >= 4 is 10.8 Å². The first kappa shape index (κ1) is 8.96. The van der Waals surface area contributed by atoms with Gasteiger partial charge in [-0.1, -0.05) is 49.4 Å². The molecule has 0 bridgehead atoms. The fourth-order valence-electron chi connectivity index (χ4n) is 2.37. The molecule has 0 heterocycles. The Hall–Kier alpha value is -1.30. The summed E-state index contributed by atoms with van der Waals surface area (Å²) in [6.07, 6.45) is 2.56. The minimum atomic E-state index is 0.764. The molecule has 75 valence electrons. The Morgan fingerprint density at radius 2 is 1.87 bits per heavy atom. The molecule has 1 unspecified atom stereocenters. The van der Waals surface area contributed by atoms with Crippen LogP contribution in [-0.4, -0.2) is 0 Å². The van der Waals surface area contributed by atoms with Gasteiger partial charge in [0.05, 0.1) is 0 Å². The molecule has 0 N–H and O–H groups in total. The molecule has 1 fully saturated rings. The van der Waals surface area contributed by atoms with Crippen molar-refractivity contribution in [1.82, 2.24) is 0 Å². The van der Waals surface area contributed by atoms with Crippen LogP contribution in [0.4, 0.5) is 0 Å². The molecular weight excluding hydrogens is 180 g/mol. The van der Waals surface area contributed by atoms with Crippen molar-refractivity contribution in [3.05, 3.63) is 53.9 Å². The van der Waals surface area contributed by atoms with Gasteiger partial charge in [0.2, 0.25) is 0 Å². The zero-order chi connectivity index (χ0) is 10.3. The van der Waals surface area contributed by atoms with Crippen LogP contribution >= 0.6 is 0 Å². The van der Waals surface area contributed by atoms with E-state index in [1.54, 1.807) is 5.92 Å². The average Bonchev–Trinajstić information content (AvgIpc) is 3.08. The highest BCUT2D eigenvalue weighted by molar-refractivity contribution is 5.83. The molecule has 0 spiro atoms. The van der Waals surface area contributed by atoms with E-state index >= 15 is 0 Å². The van der Waals surface area contributed by atoms with Gasteiger partial charge in [-0.05, 0) is 41.0 Å². The van der Waals surface area contributed by atoms with E-state index in [4.69, 9.17) is 0 Å². The Labute approximate surface area is 90.9 Å². The summed E-state index contributed by atoms with van der Waals surface area (Å²) in [5.74, 6) is 2.48. The maximum atomic E-state index is 2.35. The number of fused-ring (bicyclic) bond motifs is 1. The summed E-state index contributed by atoms with van der Waals surface area (Å²) in [6.45, 7) is 2.26. The van der Waals surface area contributed by atoms with Crippen molar-refractivity contribution in [2.75, 3.05) is 0 Å². The predicted octanol–water partition coefficient (Wildman–Crippen LogP) is 4.31. The van der Waals surface area contributed by atoms with Crippen LogP contribution in [0.5, 0.6) is 0 Å². The zero-order valence-corrected chi connectivity index (χ0v) is 9.03. The van der Waals surface area contributed by atoms with Crippen molar-refractivity contribution in [2.45, 2.75) is 25.7 Å². The van der Waals surface area contributed by atoms with E-state index in [1.807, 2.05) is 0 Å². The average molecular weight is 195 g/mol. The van der Waals surface area contributed by atoms with Crippen LogP contribution in [0, 0.1) is 5.92 Å². The highest BCUT2D eigenvalue weighted by Gasteiger charge is 2.36. The Morgan fingerprint density at radius 3 is 2.60 bits per heavy atom. The standard InChI is InChI=1S/C15H15/c1-2-11-10-15(11)14-8-7-12-5-3-4-6-13(12)9-14/h3-9,15H,2,10H2,1H3. The van der Waals surface area contributed by atoms with Crippen molar-refractivity contribution in [1.29, 1.82) is 0 Å². The molecular formula is C15H15. The minimum Gasteiger partial charge on any atom is -0.0648 e. The van der Waals surface area contributed by atoms with Gasteiger partial charge in [-0.15, -0.1) is 0 Å². The van der Waals surface area contributed by atoms with Crippen molar-refractivity contribution < 1.29 is 0 Å². The summed E-state index contributed by atoms with van der Waals surface area (Å²) in [7, 11) is 0. The van der Waals surface area contributed by atoms with Crippen LogP contribution < -0.4 is 0 Å². The topological polar surface area (TPSA) is 0 Å². The largest absolute Gasteiger partial charge is 0.0648 e. The Morgan fingerprint density at radius 1 is 1.07 bits per heavy atom. The molecule has 1 radical (unpaired) electrons. The number of rotatable bonds is 2. The second kappa shape index (κ2) is 3.37.